The van der Waals surface area contributed by atoms with Crippen LogP contribution in [0, 0.1) is 0 Å². The molecule has 0 spiro atoms. The van der Waals surface area contributed by atoms with E-state index in [-0.39, 0.29) is 6.10 Å². The van der Waals surface area contributed by atoms with Crippen molar-refractivity contribution in [1.29, 1.82) is 0 Å². The second-order valence-corrected chi connectivity index (χ2v) is 5.63. The Labute approximate surface area is 127 Å². The Hall–Kier alpha value is -1.80. The van der Waals surface area contributed by atoms with Gasteiger partial charge in [-0.05, 0) is 36.6 Å². The number of hydrogen-bond acceptors (Lipinski definition) is 2. The maximum absolute atomic E-state index is 6.06. The summed E-state index contributed by atoms with van der Waals surface area (Å²) in [6, 6.07) is 17.6. The Kier molecular flexibility index (Phi) is 4.26. The predicted octanol–water partition coefficient (Wildman–Crippen LogP) is 4.10. The average Bonchev–Trinajstić information content (AvgIpc) is 2.86. The Morgan fingerprint density at radius 2 is 1.81 bits per heavy atom. The van der Waals surface area contributed by atoms with Crippen LogP contribution in [0.5, 0.6) is 5.75 Å². The molecule has 2 aromatic carbocycles. The molecule has 0 aliphatic carbocycles. The average molecular weight is 281 g/mol. The molecule has 1 aliphatic heterocycles. The van der Waals surface area contributed by atoms with E-state index >= 15 is 0 Å². The molecule has 2 aromatic rings. The topological polar surface area (TPSA) is 21.3 Å². The molecule has 0 bridgehead atoms. The van der Waals surface area contributed by atoms with Crippen LogP contribution in [0.4, 0.5) is 0 Å². The molecule has 1 N–H and O–H groups in total. The van der Waals surface area contributed by atoms with Crippen LogP contribution in [0.15, 0.2) is 48.5 Å². The minimum Gasteiger partial charge on any atom is -0.488 e. The van der Waals surface area contributed by atoms with Crippen molar-refractivity contribution in [1.82, 2.24) is 5.32 Å². The summed E-state index contributed by atoms with van der Waals surface area (Å²) in [7, 11) is 0. The van der Waals surface area contributed by atoms with Gasteiger partial charge in [0, 0.05) is 5.56 Å². The molecule has 0 saturated carbocycles. The van der Waals surface area contributed by atoms with Crippen molar-refractivity contribution in [2.45, 2.75) is 38.8 Å². The number of fused-ring (bicyclic) bond motifs is 1. The Morgan fingerprint density at radius 3 is 2.52 bits per heavy atom. The van der Waals surface area contributed by atoms with E-state index in [0.29, 0.717) is 6.04 Å². The van der Waals surface area contributed by atoms with Crippen LogP contribution in [0.2, 0.25) is 0 Å². The summed E-state index contributed by atoms with van der Waals surface area (Å²) >= 11 is 0. The first-order chi connectivity index (χ1) is 10.3. The zero-order chi connectivity index (χ0) is 14.7. The van der Waals surface area contributed by atoms with Gasteiger partial charge in [0.1, 0.15) is 11.9 Å². The van der Waals surface area contributed by atoms with Gasteiger partial charge in [-0.15, -0.1) is 0 Å². The quantitative estimate of drug-likeness (QED) is 0.891. The lowest BCUT2D eigenvalue weighted by molar-refractivity contribution is 0.186. The molecule has 2 nitrogen and oxygen atoms in total. The molecule has 1 aliphatic rings. The van der Waals surface area contributed by atoms with Crippen LogP contribution in [-0.2, 0) is 6.42 Å². The van der Waals surface area contributed by atoms with Crippen molar-refractivity contribution in [3.05, 3.63) is 65.2 Å². The molecule has 2 heteroatoms. The fourth-order valence-electron chi connectivity index (χ4n) is 3.10. The second kappa shape index (κ2) is 6.31. The smallest absolute Gasteiger partial charge is 0.124 e. The summed E-state index contributed by atoms with van der Waals surface area (Å²) in [4.78, 5) is 0. The van der Waals surface area contributed by atoms with Crippen LogP contribution >= 0.6 is 0 Å². The first-order valence-electron chi connectivity index (χ1n) is 7.88. The predicted molar refractivity (Wildman–Crippen MR) is 86.8 cm³/mol. The number of hydrogen-bond donors (Lipinski definition) is 1. The molecule has 1 heterocycles. The van der Waals surface area contributed by atoms with Gasteiger partial charge >= 0.3 is 0 Å². The molecule has 0 saturated heterocycles. The van der Waals surface area contributed by atoms with Crippen LogP contribution in [0.3, 0.4) is 0 Å². The van der Waals surface area contributed by atoms with Gasteiger partial charge in [-0.2, -0.15) is 0 Å². The Morgan fingerprint density at radius 1 is 1.00 bits per heavy atom. The van der Waals surface area contributed by atoms with Crippen molar-refractivity contribution < 1.29 is 4.74 Å². The van der Waals surface area contributed by atoms with E-state index in [4.69, 9.17) is 4.74 Å². The summed E-state index contributed by atoms with van der Waals surface area (Å²) in [5, 5.41) is 3.57. The molecule has 21 heavy (non-hydrogen) atoms. The molecule has 110 valence electrons. The largest absolute Gasteiger partial charge is 0.488 e. The fraction of sp³-hybridized carbons (Fsp3) is 0.368. The lowest BCUT2D eigenvalue weighted by Crippen LogP contribution is -2.30. The number of ether oxygens (including phenoxy) is 1. The first kappa shape index (κ1) is 14.2. The SMILES string of the molecule is CCNC1c2cc(Cc3ccccc3)ccc2OC1CC. The highest BCUT2D eigenvalue weighted by atomic mass is 16.5. The number of rotatable bonds is 5. The van der Waals surface area contributed by atoms with Gasteiger partial charge in [0.25, 0.3) is 0 Å². The van der Waals surface area contributed by atoms with Crippen molar-refractivity contribution in [3.63, 3.8) is 0 Å². The highest BCUT2D eigenvalue weighted by Crippen LogP contribution is 2.38. The van der Waals surface area contributed by atoms with Gasteiger partial charge in [0.15, 0.2) is 0 Å². The zero-order valence-corrected chi connectivity index (χ0v) is 12.8. The number of nitrogens with one attached hydrogen (secondary N) is 1. The van der Waals surface area contributed by atoms with Crippen molar-refractivity contribution >= 4 is 0 Å². The highest BCUT2D eigenvalue weighted by Gasteiger charge is 2.32. The van der Waals surface area contributed by atoms with Crippen LogP contribution < -0.4 is 10.1 Å². The van der Waals surface area contributed by atoms with Gasteiger partial charge < -0.3 is 10.1 Å². The van der Waals surface area contributed by atoms with Crippen molar-refractivity contribution in [3.8, 4) is 5.75 Å². The monoisotopic (exact) mass is 281 g/mol. The fourth-order valence-corrected chi connectivity index (χ4v) is 3.10. The molecular weight excluding hydrogens is 258 g/mol. The third kappa shape index (κ3) is 2.96. The van der Waals surface area contributed by atoms with Gasteiger partial charge in [-0.1, -0.05) is 56.3 Å². The van der Waals surface area contributed by atoms with Crippen LogP contribution in [-0.4, -0.2) is 12.6 Å². The minimum atomic E-state index is 0.256. The maximum Gasteiger partial charge on any atom is 0.124 e. The summed E-state index contributed by atoms with van der Waals surface area (Å²) < 4.78 is 6.06. The molecule has 0 fully saturated rings. The molecule has 3 rings (SSSR count). The summed E-state index contributed by atoms with van der Waals surface area (Å²) in [5.74, 6) is 1.05. The van der Waals surface area contributed by atoms with E-state index in [9.17, 15) is 0 Å². The van der Waals surface area contributed by atoms with E-state index in [1.807, 2.05) is 0 Å². The van der Waals surface area contributed by atoms with E-state index in [0.717, 1.165) is 25.1 Å². The molecule has 0 radical (unpaired) electrons. The Bertz CT molecular complexity index is 594. The lowest BCUT2D eigenvalue weighted by atomic mass is 9.97. The molecule has 2 atom stereocenters. The van der Waals surface area contributed by atoms with E-state index in [1.165, 1.54) is 16.7 Å². The summed E-state index contributed by atoms with van der Waals surface area (Å²) in [5.41, 5.74) is 4.02. The van der Waals surface area contributed by atoms with Crippen LogP contribution in [0.25, 0.3) is 0 Å². The van der Waals surface area contributed by atoms with Gasteiger partial charge in [-0.25, -0.2) is 0 Å². The highest BCUT2D eigenvalue weighted by molar-refractivity contribution is 5.44. The third-order valence-electron chi connectivity index (χ3n) is 4.14. The standard InChI is InChI=1S/C19H23NO/c1-3-17-19(20-4-2)16-13-15(10-11-18(16)21-17)12-14-8-6-5-7-9-14/h5-11,13,17,19-20H,3-4,12H2,1-2H3. The minimum absolute atomic E-state index is 0.256. The molecule has 2 unspecified atom stereocenters. The van der Waals surface area contributed by atoms with E-state index < -0.39 is 0 Å². The molecular formula is C19H23NO. The maximum atomic E-state index is 6.06. The summed E-state index contributed by atoms with van der Waals surface area (Å²) in [6.45, 7) is 5.30. The molecule has 0 amide bonds. The van der Waals surface area contributed by atoms with Gasteiger partial charge in [-0.3, -0.25) is 0 Å². The van der Waals surface area contributed by atoms with E-state index in [2.05, 4.69) is 67.7 Å². The Balaban J connectivity index is 1.86. The number of likely N-dealkylation sites (N-methyl/N-ethyl adjacent to an activating group) is 1. The zero-order valence-electron chi connectivity index (χ0n) is 12.8. The van der Waals surface area contributed by atoms with Crippen LogP contribution in [0.1, 0.15) is 43.0 Å². The normalized spacial score (nSPS) is 20.1. The van der Waals surface area contributed by atoms with Crippen molar-refractivity contribution in [2.24, 2.45) is 0 Å². The van der Waals surface area contributed by atoms with Gasteiger partial charge in [0.05, 0.1) is 6.04 Å². The number of benzene rings is 2. The third-order valence-corrected chi connectivity index (χ3v) is 4.14. The second-order valence-electron chi connectivity index (χ2n) is 5.63. The summed E-state index contributed by atoms with van der Waals surface area (Å²) in [6.07, 6.45) is 2.26. The lowest BCUT2D eigenvalue weighted by Gasteiger charge is -2.18. The molecule has 0 aromatic heterocycles. The van der Waals surface area contributed by atoms with Crippen molar-refractivity contribution in [2.75, 3.05) is 6.54 Å². The van der Waals surface area contributed by atoms with Gasteiger partial charge in [0.2, 0.25) is 0 Å². The first-order valence-corrected chi connectivity index (χ1v) is 7.88. The van der Waals surface area contributed by atoms with E-state index in [1.54, 1.807) is 0 Å².